The third kappa shape index (κ3) is 7.05. The lowest BCUT2D eigenvalue weighted by Crippen LogP contribution is -2.30. The van der Waals surface area contributed by atoms with Gasteiger partial charge in [-0.3, -0.25) is 10.1 Å². The predicted octanol–water partition coefficient (Wildman–Crippen LogP) is 4.42. The van der Waals surface area contributed by atoms with Gasteiger partial charge in [0.15, 0.2) is 5.13 Å². The molecule has 1 aromatic heterocycles. The van der Waals surface area contributed by atoms with Gasteiger partial charge < -0.3 is 15.4 Å². The van der Waals surface area contributed by atoms with Crippen LogP contribution in [0.5, 0.6) is 5.75 Å². The van der Waals surface area contributed by atoms with E-state index in [4.69, 9.17) is 4.74 Å². The van der Waals surface area contributed by atoms with E-state index in [0.29, 0.717) is 29.6 Å². The summed E-state index contributed by atoms with van der Waals surface area (Å²) in [5.74, 6) is 1.42. The van der Waals surface area contributed by atoms with Crippen molar-refractivity contribution in [3.8, 4) is 5.75 Å². The summed E-state index contributed by atoms with van der Waals surface area (Å²) in [5.41, 5.74) is 1.47. The van der Waals surface area contributed by atoms with Gasteiger partial charge in [-0.1, -0.05) is 19.3 Å². The molecule has 29 heavy (non-hydrogen) atoms. The Morgan fingerprint density at radius 2 is 1.90 bits per heavy atom. The molecule has 3 N–H and O–H groups in total. The fourth-order valence-electron chi connectivity index (χ4n) is 3.39. The van der Waals surface area contributed by atoms with E-state index >= 15 is 0 Å². The second-order valence-electron chi connectivity index (χ2n) is 7.26. The van der Waals surface area contributed by atoms with Crippen LogP contribution < -0.4 is 20.7 Å². The molecule has 0 aliphatic heterocycles. The molecule has 0 bridgehead atoms. The largest absolute Gasteiger partial charge is 0.497 e. The van der Waals surface area contributed by atoms with Crippen LogP contribution in [-0.4, -0.2) is 30.6 Å². The molecule has 1 aromatic carbocycles. The van der Waals surface area contributed by atoms with E-state index in [1.165, 1.54) is 43.4 Å². The Labute approximate surface area is 175 Å². The molecular formula is C21H28N4O3S. The van der Waals surface area contributed by atoms with Gasteiger partial charge in [0.1, 0.15) is 5.75 Å². The van der Waals surface area contributed by atoms with Gasteiger partial charge in [-0.25, -0.2) is 9.78 Å². The number of hydrogen-bond donors (Lipinski definition) is 3. The number of aryl methyl sites for hydroxylation is 1. The van der Waals surface area contributed by atoms with Crippen LogP contribution in [0, 0.1) is 5.92 Å². The number of methoxy groups -OCH3 is 1. The zero-order chi connectivity index (χ0) is 20.5. The van der Waals surface area contributed by atoms with Crippen molar-refractivity contribution in [2.75, 3.05) is 24.3 Å². The molecule has 156 valence electrons. The van der Waals surface area contributed by atoms with Crippen molar-refractivity contribution in [2.24, 2.45) is 5.92 Å². The van der Waals surface area contributed by atoms with Crippen LogP contribution in [0.1, 0.15) is 44.2 Å². The van der Waals surface area contributed by atoms with E-state index in [0.717, 1.165) is 18.0 Å². The minimum Gasteiger partial charge on any atom is -0.497 e. The first kappa shape index (κ1) is 21.1. The van der Waals surface area contributed by atoms with Crippen molar-refractivity contribution in [1.82, 2.24) is 10.3 Å². The molecule has 3 amide bonds. The number of carbonyl (C=O) groups is 2. The lowest BCUT2D eigenvalue weighted by atomic mass is 9.89. The maximum atomic E-state index is 12.1. The van der Waals surface area contributed by atoms with Gasteiger partial charge in [-0.2, -0.15) is 0 Å². The maximum Gasteiger partial charge on any atom is 0.325 e. The van der Waals surface area contributed by atoms with Gasteiger partial charge in [0.25, 0.3) is 0 Å². The molecule has 0 saturated heterocycles. The molecule has 0 atom stereocenters. The van der Waals surface area contributed by atoms with Crippen molar-refractivity contribution in [1.29, 1.82) is 0 Å². The number of nitrogens with one attached hydrogen (secondary N) is 3. The summed E-state index contributed by atoms with van der Waals surface area (Å²) in [6.45, 7) is 0.786. The van der Waals surface area contributed by atoms with E-state index in [2.05, 4.69) is 20.9 Å². The molecule has 7 nitrogen and oxygen atoms in total. The average molecular weight is 417 g/mol. The number of nitrogens with zero attached hydrogens (tertiary/aromatic N) is 1. The molecule has 0 spiro atoms. The smallest absolute Gasteiger partial charge is 0.325 e. The van der Waals surface area contributed by atoms with E-state index < -0.39 is 0 Å². The molecule has 1 aliphatic rings. The van der Waals surface area contributed by atoms with E-state index in [9.17, 15) is 9.59 Å². The molecule has 0 radical (unpaired) electrons. The molecule has 1 heterocycles. The number of thiazole rings is 1. The quantitative estimate of drug-likeness (QED) is 0.594. The minimum atomic E-state index is -0.360. The second kappa shape index (κ2) is 10.8. The number of urea groups is 1. The molecule has 1 saturated carbocycles. The van der Waals surface area contributed by atoms with Crippen molar-refractivity contribution in [3.05, 3.63) is 35.3 Å². The number of ether oxygens (including phenoxy) is 1. The average Bonchev–Trinajstić information content (AvgIpc) is 3.19. The zero-order valence-electron chi connectivity index (χ0n) is 16.7. The number of anilines is 2. The van der Waals surface area contributed by atoms with Crippen LogP contribution in [0.4, 0.5) is 15.6 Å². The topological polar surface area (TPSA) is 92.3 Å². The summed E-state index contributed by atoms with van der Waals surface area (Å²) in [4.78, 5) is 28.6. The van der Waals surface area contributed by atoms with Crippen LogP contribution in [0.25, 0.3) is 0 Å². The molecule has 3 rings (SSSR count). The van der Waals surface area contributed by atoms with Crippen LogP contribution in [0.2, 0.25) is 0 Å². The summed E-state index contributed by atoms with van der Waals surface area (Å²) >= 11 is 1.35. The first-order valence-electron chi connectivity index (χ1n) is 10.1. The SMILES string of the molecule is COc1ccc(NC(=O)Nc2nc(CCC(=O)NCC3CCCCC3)cs2)cc1. The molecule has 8 heteroatoms. The van der Waals surface area contributed by atoms with Crippen molar-refractivity contribution < 1.29 is 14.3 Å². The Kier molecular flexibility index (Phi) is 7.86. The van der Waals surface area contributed by atoms with Crippen molar-refractivity contribution in [2.45, 2.75) is 44.9 Å². The molecule has 1 aliphatic carbocycles. The highest BCUT2D eigenvalue weighted by molar-refractivity contribution is 7.13. The third-order valence-electron chi connectivity index (χ3n) is 5.04. The van der Waals surface area contributed by atoms with Crippen LogP contribution in [-0.2, 0) is 11.2 Å². The normalized spacial score (nSPS) is 14.2. The number of rotatable bonds is 8. The Morgan fingerprint density at radius 1 is 1.14 bits per heavy atom. The second-order valence-corrected chi connectivity index (χ2v) is 8.12. The zero-order valence-corrected chi connectivity index (χ0v) is 17.5. The van der Waals surface area contributed by atoms with Gasteiger partial charge in [0, 0.05) is 24.0 Å². The standard InChI is InChI=1S/C21H28N4O3S/c1-28-18-10-7-16(8-11-18)23-20(27)25-21-24-17(14-29-21)9-12-19(26)22-13-15-5-3-2-4-6-15/h7-8,10-11,14-15H,2-6,9,12-13H2,1H3,(H,22,26)(H2,23,24,25,27). The Balaban J connectivity index is 1.38. The third-order valence-corrected chi connectivity index (χ3v) is 5.85. The first-order valence-corrected chi connectivity index (χ1v) is 10.9. The summed E-state index contributed by atoms with van der Waals surface area (Å²) in [6, 6.07) is 6.71. The van der Waals surface area contributed by atoms with Crippen molar-refractivity contribution in [3.63, 3.8) is 0 Å². The van der Waals surface area contributed by atoms with Gasteiger partial charge in [0.2, 0.25) is 5.91 Å². The summed E-state index contributed by atoms with van der Waals surface area (Å²) in [7, 11) is 1.59. The maximum absolute atomic E-state index is 12.1. The van der Waals surface area contributed by atoms with Crippen LogP contribution in [0.15, 0.2) is 29.6 Å². The van der Waals surface area contributed by atoms with Gasteiger partial charge in [-0.15, -0.1) is 11.3 Å². The van der Waals surface area contributed by atoms with Crippen molar-refractivity contribution >= 4 is 34.1 Å². The number of aromatic nitrogens is 1. The Hall–Kier alpha value is -2.61. The lowest BCUT2D eigenvalue weighted by Gasteiger charge is -2.21. The summed E-state index contributed by atoms with van der Waals surface area (Å²) in [5, 5.41) is 10.9. The highest BCUT2D eigenvalue weighted by atomic mass is 32.1. The Morgan fingerprint density at radius 3 is 2.62 bits per heavy atom. The number of hydrogen-bond acceptors (Lipinski definition) is 5. The van der Waals surface area contributed by atoms with Gasteiger partial charge >= 0.3 is 6.03 Å². The highest BCUT2D eigenvalue weighted by Crippen LogP contribution is 2.23. The predicted molar refractivity (Wildman–Crippen MR) is 116 cm³/mol. The van der Waals surface area contributed by atoms with E-state index in [1.807, 2.05) is 5.38 Å². The Bertz CT molecular complexity index is 801. The van der Waals surface area contributed by atoms with E-state index in [1.54, 1.807) is 31.4 Å². The molecule has 1 fully saturated rings. The summed E-state index contributed by atoms with van der Waals surface area (Å²) in [6.07, 6.45) is 7.30. The highest BCUT2D eigenvalue weighted by Gasteiger charge is 2.14. The molecule has 0 unspecified atom stereocenters. The fraction of sp³-hybridized carbons (Fsp3) is 0.476. The van der Waals surface area contributed by atoms with Crippen LogP contribution in [0.3, 0.4) is 0 Å². The summed E-state index contributed by atoms with van der Waals surface area (Å²) < 4.78 is 5.09. The lowest BCUT2D eigenvalue weighted by molar-refractivity contribution is -0.121. The molecule has 2 aromatic rings. The minimum absolute atomic E-state index is 0.0651. The molecular weight excluding hydrogens is 388 g/mol. The van der Waals surface area contributed by atoms with E-state index in [-0.39, 0.29) is 11.9 Å². The number of benzene rings is 1. The van der Waals surface area contributed by atoms with Crippen LogP contribution >= 0.6 is 11.3 Å². The monoisotopic (exact) mass is 416 g/mol. The first-order chi connectivity index (χ1) is 14.1. The van der Waals surface area contributed by atoms with Gasteiger partial charge in [-0.05, 0) is 49.4 Å². The fourth-order valence-corrected chi connectivity index (χ4v) is 4.13. The van der Waals surface area contributed by atoms with Gasteiger partial charge in [0.05, 0.1) is 12.8 Å². The number of amides is 3. The number of carbonyl (C=O) groups excluding carboxylic acids is 2.